The van der Waals surface area contributed by atoms with Crippen LogP contribution in [0.5, 0.6) is 0 Å². The number of nitrogens with two attached hydrogens (primary N) is 1. The Labute approximate surface area is 83.1 Å². The lowest BCUT2D eigenvalue weighted by Gasteiger charge is -2.23. The molecule has 2 rings (SSSR count). The zero-order chi connectivity index (χ0) is 9.80. The van der Waals surface area contributed by atoms with Crippen molar-refractivity contribution in [3.8, 4) is 0 Å². The van der Waals surface area contributed by atoms with Crippen molar-refractivity contribution >= 4 is 5.95 Å². The maximum absolute atomic E-state index is 5.35. The standard InChI is InChI=1S/C9H15N5/c10-4-5-11-9-12-6-8(13-14-9)7-2-1-3-7/h6-7H,1-5,10H2,(H,11,12,14). The van der Waals surface area contributed by atoms with E-state index in [1.807, 2.05) is 6.20 Å². The molecule has 0 spiro atoms. The smallest absolute Gasteiger partial charge is 0.242 e. The van der Waals surface area contributed by atoms with Crippen molar-refractivity contribution in [2.24, 2.45) is 5.73 Å². The van der Waals surface area contributed by atoms with Gasteiger partial charge in [-0.2, -0.15) is 0 Å². The Morgan fingerprint density at radius 2 is 2.29 bits per heavy atom. The SMILES string of the molecule is NCCNc1ncc(C2CCC2)nn1. The maximum atomic E-state index is 5.35. The highest BCUT2D eigenvalue weighted by Crippen LogP contribution is 2.34. The number of nitrogens with zero attached hydrogens (tertiary/aromatic N) is 3. The first-order chi connectivity index (χ1) is 6.90. The summed E-state index contributed by atoms with van der Waals surface area (Å²) < 4.78 is 0. The van der Waals surface area contributed by atoms with E-state index < -0.39 is 0 Å². The number of rotatable bonds is 4. The largest absolute Gasteiger partial charge is 0.352 e. The van der Waals surface area contributed by atoms with Gasteiger partial charge in [0.25, 0.3) is 0 Å². The molecule has 0 unspecified atom stereocenters. The molecule has 1 saturated carbocycles. The van der Waals surface area contributed by atoms with Crippen LogP contribution in [0.2, 0.25) is 0 Å². The van der Waals surface area contributed by atoms with Gasteiger partial charge in [0, 0.05) is 19.0 Å². The first-order valence-electron chi connectivity index (χ1n) is 5.03. The summed E-state index contributed by atoms with van der Waals surface area (Å²) >= 11 is 0. The van der Waals surface area contributed by atoms with Gasteiger partial charge in [0.1, 0.15) is 0 Å². The average molecular weight is 193 g/mol. The molecule has 0 amide bonds. The summed E-state index contributed by atoms with van der Waals surface area (Å²) in [5, 5.41) is 11.1. The fourth-order valence-corrected chi connectivity index (χ4v) is 1.44. The molecule has 14 heavy (non-hydrogen) atoms. The molecule has 1 heterocycles. The Morgan fingerprint density at radius 1 is 1.43 bits per heavy atom. The Kier molecular flexibility index (Phi) is 2.88. The van der Waals surface area contributed by atoms with Gasteiger partial charge < -0.3 is 11.1 Å². The van der Waals surface area contributed by atoms with E-state index in [1.165, 1.54) is 19.3 Å². The van der Waals surface area contributed by atoms with Crippen LogP contribution in [0, 0.1) is 0 Å². The average Bonchev–Trinajstić information content (AvgIpc) is 2.14. The third kappa shape index (κ3) is 1.98. The van der Waals surface area contributed by atoms with E-state index in [-0.39, 0.29) is 0 Å². The summed E-state index contributed by atoms with van der Waals surface area (Å²) in [6, 6.07) is 0. The van der Waals surface area contributed by atoms with Gasteiger partial charge in [0.05, 0.1) is 11.9 Å². The van der Waals surface area contributed by atoms with E-state index in [9.17, 15) is 0 Å². The van der Waals surface area contributed by atoms with Crippen molar-refractivity contribution in [2.45, 2.75) is 25.2 Å². The van der Waals surface area contributed by atoms with Crippen LogP contribution in [-0.2, 0) is 0 Å². The molecule has 0 saturated heterocycles. The van der Waals surface area contributed by atoms with E-state index in [0.717, 1.165) is 5.69 Å². The minimum absolute atomic E-state index is 0.568. The molecule has 1 fully saturated rings. The predicted molar refractivity (Wildman–Crippen MR) is 54.0 cm³/mol. The summed E-state index contributed by atoms with van der Waals surface area (Å²) in [5.74, 6) is 1.16. The van der Waals surface area contributed by atoms with E-state index in [0.29, 0.717) is 25.0 Å². The maximum Gasteiger partial charge on any atom is 0.242 e. The van der Waals surface area contributed by atoms with Crippen LogP contribution in [0.1, 0.15) is 30.9 Å². The first-order valence-corrected chi connectivity index (χ1v) is 5.03. The number of hydrogen-bond acceptors (Lipinski definition) is 5. The molecule has 5 heteroatoms. The topological polar surface area (TPSA) is 76.7 Å². The third-order valence-electron chi connectivity index (χ3n) is 2.53. The highest BCUT2D eigenvalue weighted by atomic mass is 15.2. The fourth-order valence-electron chi connectivity index (χ4n) is 1.44. The summed E-state index contributed by atoms with van der Waals surface area (Å²) in [6.45, 7) is 1.26. The van der Waals surface area contributed by atoms with Crippen molar-refractivity contribution in [1.29, 1.82) is 0 Å². The zero-order valence-corrected chi connectivity index (χ0v) is 8.11. The van der Waals surface area contributed by atoms with E-state index >= 15 is 0 Å². The zero-order valence-electron chi connectivity index (χ0n) is 8.11. The highest BCUT2D eigenvalue weighted by molar-refractivity contribution is 5.22. The van der Waals surface area contributed by atoms with Gasteiger partial charge in [0.2, 0.25) is 5.95 Å². The molecule has 5 nitrogen and oxygen atoms in total. The Hall–Kier alpha value is -1.23. The van der Waals surface area contributed by atoms with E-state index in [1.54, 1.807) is 0 Å². The number of hydrogen-bond donors (Lipinski definition) is 2. The summed E-state index contributed by atoms with van der Waals surface area (Å²) in [7, 11) is 0. The second-order valence-electron chi connectivity index (χ2n) is 3.55. The summed E-state index contributed by atoms with van der Waals surface area (Å²) in [4.78, 5) is 4.18. The van der Waals surface area contributed by atoms with Crippen LogP contribution in [0.25, 0.3) is 0 Å². The van der Waals surface area contributed by atoms with Gasteiger partial charge >= 0.3 is 0 Å². The minimum atomic E-state index is 0.568. The molecule has 0 bridgehead atoms. The molecule has 1 aromatic heterocycles. The Morgan fingerprint density at radius 3 is 2.79 bits per heavy atom. The molecule has 0 radical (unpaired) electrons. The first kappa shape index (κ1) is 9.33. The van der Waals surface area contributed by atoms with Crippen molar-refractivity contribution in [3.05, 3.63) is 11.9 Å². The van der Waals surface area contributed by atoms with E-state index in [4.69, 9.17) is 5.73 Å². The molecule has 76 valence electrons. The van der Waals surface area contributed by atoms with Crippen LogP contribution in [0.3, 0.4) is 0 Å². The predicted octanol–water partition coefficient (Wildman–Crippen LogP) is 0.510. The van der Waals surface area contributed by atoms with Crippen LogP contribution < -0.4 is 11.1 Å². The highest BCUT2D eigenvalue weighted by Gasteiger charge is 2.21. The number of aromatic nitrogens is 3. The fraction of sp³-hybridized carbons (Fsp3) is 0.667. The molecular formula is C9H15N5. The van der Waals surface area contributed by atoms with Crippen molar-refractivity contribution in [1.82, 2.24) is 15.2 Å². The normalized spacial score (nSPS) is 16.4. The van der Waals surface area contributed by atoms with Gasteiger partial charge in [-0.1, -0.05) is 6.42 Å². The van der Waals surface area contributed by atoms with Crippen LogP contribution >= 0.6 is 0 Å². The van der Waals surface area contributed by atoms with Gasteiger partial charge in [0.15, 0.2) is 0 Å². The lowest BCUT2D eigenvalue weighted by atomic mass is 9.83. The second kappa shape index (κ2) is 4.32. The van der Waals surface area contributed by atoms with Crippen LogP contribution in [0.15, 0.2) is 6.20 Å². The lowest BCUT2D eigenvalue weighted by molar-refractivity contribution is 0.406. The minimum Gasteiger partial charge on any atom is -0.352 e. The third-order valence-corrected chi connectivity index (χ3v) is 2.53. The molecule has 0 aliphatic heterocycles. The molecule has 1 aromatic rings. The van der Waals surface area contributed by atoms with Crippen LogP contribution in [-0.4, -0.2) is 28.3 Å². The summed E-state index contributed by atoms with van der Waals surface area (Å²) in [6.07, 6.45) is 5.58. The number of nitrogens with one attached hydrogen (secondary N) is 1. The number of anilines is 1. The van der Waals surface area contributed by atoms with Gasteiger partial charge in [-0.05, 0) is 12.8 Å². The molecule has 1 aliphatic rings. The molecule has 3 N–H and O–H groups in total. The Bertz CT molecular complexity index is 280. The molecule has 0 aromatic carbocycles. The molecule has 0 atom stereocenters. The van der Waals surface area contributed by atoms with Gasteiger partial charge in [-0.3, -0.25) is 0 Å². The van der Waals surface area contributed by atoms with Gasteiger partial charge in [-0.25, -0.2) is 4.98 Å². The lowest BCUT2D eigenvalue weighted by Crippen LogP contribution is -2.17. The van der Waals surface area contributed by atoms with Gasteiger partial charge in [-0.15, -0.1) is 10.2 Å². The van der Waals surface area contributed by atoms with E-state index in [2.05, 4.69) is 20.5 Å². The molecular weight excluding hydrogens is 178 g/mol. The second-order valence-corrected chi connectivity index (χ2v) is 3.55. The van der Waals surface area contributed by atoms with Crippen molar-refractivity contribution in [3.63, 3.8) is 0 Å². The van der Waals surface area contributed by atoms with Crippen molar-refractivity contribution < 1.29 is 0 Å². The quantitative estimate of drug-likeness (QED) is 0.728. The monoisotopic (exact) mass is 193 g/mol. The Balaban J connectivity index is 1.95. The van der Waals surface area contributed by atoms with Crippen molar-refractivity contribution in [2.75, 3.05) is 18.4 Å². The van der Waals surface area contributed by atoms with Crippen LogP contribution in [0.4, 0.5) is 5.95 Å². The summed E-state index contributed by atoms with van der Waals surface area (Å²) in [5.41, 5.74) is 6.37. The molecule has 1 aliphatic carbocycles.